The SMILES string of the molecule is O=C(NCc1ccccc1)C1CCC(Cn2c(=O)c3ccccc3n(Cc3cc(=O)n4ccccc4n3)c2=O)CC1. The van der Waals surface area contributed by atoms with E-state index in [-0.39, 0.29) is 42.0 Å². The fourth-order valence-corrected chi connectivity index (χ4v) is 5.83. The molecule has 3 heterocycles. The van der Waals surface area contributed by atoms with Gasteiger partial charge in [-0.25, -0.2) is 9.78 Å². The van der Waals surface area contributed by atoms with Crippen molar-refractivity contribution in [1.29, 1.82) is 0 Å². The topological polar surface area (TPSA) is 107 Å². The highest BCUT2D eigenvalue weighted by atomic mass is 16.2. The Hall–Kier alpha value is -4.79. The van der Waals surface area contributed by atoms with Gasteiger partial charge in [0.25, 0.3) is 11.1 Å². The van der Waals surface area contributed by atoms with Gasteiger partial charge in [0, 0.05) is 31.3 Å². The Kier molecular flexibility index (Phi) is 7.33. The molecule has 0 spiro atoms. The third-order valence-electron chi connectivity index (χ3n) is 8.04. The van der Waals surface area contributed by atoms with E-state index in [2.05, 4.69) is 10.3 Å². The highest BCUT2D eigenvalue weighted by Crippen LogP contribution is 2.30. The second-order valence-electron chi connectivity index (χ2n) is 10.7. The Bertz CT molecular complexity index is 1900. The third-order valence-corrected chi connectivity index (χ3v) is 8.04. The number of hydrogen-bond donors (Lipinski definition) is 1. The van der Waals surface area contributed by atoms with Gasteiger partial charge in [-0.15, -0.1) is 0 Å². The van der Waals surface area contributed by atoms with E-state index in [0.29, 0.717) is 41.6 Å². The van der Waals surface area contributed by atoms with Gasteiger partial charge in [-0.3, -0.25) is 27.9 Å². The van der Waals surface area contributed by atoms with Crippen LogP contribution in [-0.4, -0.2) is 24.4 Å². The van der Waals surface area contributed by atoms with Crippen LogP contribution in [0, 0.1) is 11.8 Å². The standard InChI is InChI=1S/C32H31N5O4/c38-29-18-25(34-28-12-6-7-17-35(28)29)21-36-27-11-5-4-10-26(27)31(40)37(32(36)41)20-23-13-15-24(16-14-23)30(39)33-19-22-8-2-1-3-9-22/h1-12,17-18,23-24H,13-16,19-21H2,(H,33,39). The zero-order valence-corrected chi connectivity index (χ0v) is 22.6. The minimum absolute atomic E-state index is 0.0521. The van der Waals surface area contributed by atoms with Crippen LogP contribution in [-0.2, 0) is 24.4 Å². The van der Waals surface area contributed by atoms with E-state index in [1.807, 2.05) is 30.3 Å². The van der Waals surface area contributed by atoms with Crippen molar-refractivity contribution in [2.75, 3.05) is 0 Å². The first-order chi connectivity index (χ1) is 20.0. The highest BCUT2D eigenvalue weighted by molar-refractivity contribution is 5.79. The van der Waals surface area contributed by atoms with E-state index in [0.717, 1.165) is 18.4 Å². The molecule has 41 heavy (non-hydrogen) atoms. The van der Waals surface area contributed by atoms with Crippen molar-refractivity contribution in [1.82, 2.24) is 23.8 Å². The first-order valence-electron chi connectivity index (χ1n) is 14.0. The molecule has 3 aromatic heterocycles. The van der Waals surface area contributed by atoms with Crippen LogP contribution >= 0.6 is 0 Å². The first kappa shape index (κ1) is 26.4. The van der Waals surface area contributed by atoms with Crippen LogP contribution in [0.1, 0.15) is 36.9 Å². The monoisotopic (exact) mass is 549 g/mol. The summed E-state index contributed by atoms with van der Waals surface area (Å²) in [5.74, 6) is 0.0889. The van der Waals surface area contributed by atoms with Gasteiger partial charge < -0.3 is 5.32 Å². The summed E-state index contributed by atoms with van der Waals surface area (Å²) in [6, 6.07) is 23.6. The Labute approximate surface area is 235 Å². The van der Waals surface area contributed by atoms with Gasteiger partial charge in [-0.2, -0.15) is 0 Å². The summed E-state index contributed by atoms with van der Waals surface area (Å²) < 4.78 is 4.29. The van der Waals surface area contributed by atoms with Crippen molar-refractivity contribution < 1.29 is 4.79 Å². The normalized spacial score (nSPS) is 17.1. The molecule has 1 amide bonds. The van der Waals surface area contributed by atoms with Crippen molar-refractivity contribution in [2.24, 2.45) is 11.8 Å². The van der Waals surface area contributed by atoms with Gasteiger partial charge in [-0.1, -0.05) is 48.5 Å². The van der Waals surface area contributed by atoms with Gasteiger partial charge in [-0.05, 0) is 61.4 Å². The van der Waals surface area contributed by atoms with E-state index in [4.69, 9.17) is 0 Å². The lowest BCUT2D eigenvalue weighted by atomic mass is 9.81. The van der Waals surface area contributed by atoms with E-state index in [9.17, 15) is 19.2 Å². The summed E-state index contributed by atoms with van der Waals surface area (Å²) in [7, 11) is 0. The summed E-state index contributed by atoms with van der Waals surface area (Å²) in [5.41, 5.74) is 1.52. The van der Waals surface area contributed by atoms with Crippen molar-refractivity contribution in [3.8, 4) is 0 Å². The van der Waals surface area contributed by atoms with Crippen LogP contribution in [0.25, 0.3) is 16.6 Å². The van der Waals surface area contributed by atoms with Crippen LogP contribution in [0.5, 0.6) is 0 Å². The molecule has 208 valence electrons. The molecule has 0 radical (unpaired) electrons. The number of aromatic nitrogens is 4. The first-order valence-corrected chi connectivity index (χ1v) is 14.0. The Balaban J connectivity index is 1.22. The molecule has 1 aliphatic carbocycles. The van der Waals surface area contributed by atoms with Crippen molar-refractivity contribution >= 4 is 22.5 Å². The minimum atomic E-state index is -0.425. The average molecular weight is 550 g/mol. The molecule has 0 saturated heterocycles. The van der Waals surface area contributed by atoms with Gasteiger partial charge in [0.2, 0.25) is 5.91 Å². The van der Waals surface area contributed by atoms with Crippen LogP contribution in [0.3, 0.4) is 0 Å². The second-order valence-corrected chi connectivity index (χ2v) is 10.7. The molecule has 2 aromatic carbocycles. The lowest BCUT2D eigenvalue weighted by Gasteiger charge is -2.28. The number of hydrogen-bond acceptors (Lipinski definition) is 5. The van der Waals surface area contributed by atoms with E-state index < -0.39 is 5.69 Å². The summed E-state index contributed by atoms with van der Waals surface area (Å²) in [6.07, 6.45) is 4.59. The van der Waals surface area contributed by atoms with E-state index in [1.54, 1.807) is 48.7 Å². The van der Waals surface area contributed by atoms with Crippen molar-refractivity contribution in [3.63, 3.8) is 0 Å². The smallest absolute Gasteiger partial charge is 0.331 e. The van der Waals surface area contributed by atoms with Crippen LogP contribution in [0.2, 0.25) is 0 Å². The predicted octanol–water partition coefficient (Wildman–Crippen LogP) is 3.34. The molecule has 5 aromatic rings. The minimum Gasteiger partial charge on any atom is -0.352 e. The van der Waals surface area contributed by atoms with E-state index in [1.165, 1.54) is 19.6 Å². The molecule has 0 bridgehead atoms. The lowest BCUT2D eigenvalue weighted by Crippen LogP contribution is -2.42. The second kappa shape index (κ2) is 11.4. The molecule has 0 unspecified atom stereocenters. The van der Waals surface area contributed by atoms with Crippen LogP contribution in [0.4, 0.5) is 0 Å². The number of amides is 1. The molecular formula is C32H31N5O4. The average Bonchev–Trinajstić information content (AvgIpc) is 3.01. The maximum Gasteiger partial charge on any atom is 0.331 e. The number of pyridine rings is 1. The fourth-order valence-electron chi connectivity index (χ4n) is 5.83. The number of para-hydroxylation sites is 1. The molecule has 1 N–H and O–H groups in total. The predicted molar refractivity (Wildman–Crippen MR) is 157 cm³/mol. The Morgan fingerprint density at radius 3 is 2.39 bits per heavy atom. The largest absolute Gasteiger partial charge is 0.352 e. The summed E-state index contributed by atoms with van der Waals surface area (Å²) in [5, 5.41) is 3.48. The van der Waals surface area contributed by atoms with Gasteiger partial charge in [0.05, 0.1) is 23.1 Å². The summed E-state index contributed by atoms with van der Waals surface area (Å²) in [6.45, 7) is 0.855. The Morgan fingerprint density at radius 2 is 1.59 bits per heavy atom. The van der Waals surface area contributed by atoms with Crippen LogP contribution < -0.4 is 22.1 Å². The quantitative estimate of drug-likeness (QED) is 0.335. The Morgan fingerprint density at radius 1 is 0.854 bits per heavy atom. The lowest BCUT2D eigenvalue weighted by molar-refractivity contribution is -0.126. The molecule has 0 atom stereocenters. The molecule has 1 saturated carbocycles. The molecule has 0 aliphatic heterocycles. The summed E-state index contributed by atoms with van der Waals surface area (Å²) in [4.78, 5) is 57.3. The van der Waals surface area contributed by atoms with E-state index >= 15 is 0 Å². The number of rotatable bonds is 7. The molecule has 1 aliphatic rings. The number of fused-ring (bicyclic) bond motifs is 2. The molecule has 9 nitrogen and oxygen atoms in total. The molecule has 9 heteroatoms. The highest BCUT2D eigenvalue weighted by Gasteiger charge is 2.27. The number of benzene rings is 2. The zero-order chi connectivity index (χ0) is 28.3. The number of nitrogens with zero attached hydrogens (tertiary/aromatic N) is 4. The molecule has 6 rings (SSSR count). The van der Waals surface area contributed by atoms with Crippen molar-refractivity contribution in [2.45, 2.75) is 45.3 Å². The molecule has 1 fully saturated rings. The van der Waals surface area contributed by atoms with Gasteiger partial charge in [0.1, 0.15) is 5.65 Å². The maximum atomic E-state index is 13.8. The number of nitrogens with one attached hydrogen (secondary N) is 1. The van der Waals surface area contributed by atoms with Crippen LogP contribution in [0.15, 0.2) is 99.4 Å². The van der Waals surface area contributed by atoms with Gasteiger partial charge in [0.15, 0.2) is 0 Å². The zero-order valence-electron chi connectivity index (χ0n) is 22.6. The number of carbonyl (C=O) groups excluding carboxylic acids is 1. The third kappa shape index (κ3) is 5.48. The fraction of sp³-hybridized carbons (Fsp3) is 0.281. The number of carbonyl (C=O) groups is 1. The van der Waals surface area contributed by atoms with Crippen molar-refractivity contribution in [3.05, 3.63) is 128 Å². The summed E-state index contributed by atoms with van der Waals surface area (Å²) >= 11 is 0. The maximum absolute atomic E-state index is 13.8. The van der Waals surface area contributed by atoms with Gasteiger partial charge >= 0.3 is 5.69 Å². The molecular weight excluding hydrogens is 518 g/mol.